The largest absolute Gasteiger partial charge is 0.632 e. The van der Waals surface area contributed by atoms with Crippen molar-refractivity contribution < 1.29 is 23.6 Å². The molecule has 158 valence electrons. The molecule has 3 aromatic carbocycles. The number of hydroxylamine groups is 3. The maximum atomic E-state index is 13.6. The zero-order valence-corrected chi connectivity index (χ0v) is 17.9. The Balaban J connectivity index is 1.95. The molecule has 0 radical (unpaired) electrons. The molecule has 30 heavy (non-hydrogen) atoms. The number of ether oxygens (including phenoxy) is 4. The molecule has 2 aliphatic rings. The minimum Gasteiger partial charge on any atom is -0.632 e. The maximum Gasteiger partial charge on any atom is 0.169 e. The van der Waals surface area contributed by atoms with Gasteiger partial charge in [0.2, 0.25) is 0 Å². The molecule has 5 rings (SSSR count). The quantitative estimate of drug-likeness (QED) is 0.359. The van der Waals surface area contributed by atoms with E-state index in [4.69, 9.17) is 18.9 Å². The Labute approximate surface area is 176 Å². The Morgan fingerprint density at radius 3 is 2.20 bits per heavy atom. The van der Waals surface area contributed by atoms with Gasteiger partial charge in [0, 0.05) is 30.2 Å². The summed E-state index contributed by atoms with van der Waals surface area (Å²) in [6, 6.07) is 8.19. The van der Waals surface area contributed by atoms with Gasteiger partial charge in [-0.1, -0.05) is 6.07 Å². The lowest BCUT2D eigenvalue weighted by Crippen LogP contribution is -2.49. The lowest BCUT2D eigenvalue weighted by Gasteiger charge is -2.48. The summed E-state index contributed by atoms with van der Waals surface area (Å²) in [5.41, 5.74) is 2.38. The third kappa shape index (κ3) is 2.57. The molecule has 0 amide bonds. The number of benzene rings is 3. The van der Waals surface area contributed by atoms with Crippen molar-refractivity contribution in [3.8, 4) is 23.0 Å². The van der Waals surface area contributed by atoms with Gasteiger partial charge in [-0.15, -0.1) is 0 Å². The molecule has 0 bridgehead atoms. The zero-order chi connectivity index (χ0) is 21.0. The van der Waals surface area contributed by atoms with Gasteiger partial charge < -0.3 is 28.8 Å². The second-order valence-corrected chi connectivity index (χ2v) is 8.27. The van der Waals surface area contributed by atoms with Crippen LogP contribution in [0.2, 0.25) is 0 Å². The van der Waals surface area contributed by atoms with Gasteiger partial charge in [-0.25, -0.2) is 0 Å². The highest BCUT2D eigenvalue weighted by Crippen LogP contribution is 2.49. The van der Waals surface area contributed by atoms with Crippen molar-refractivity contribution in [3.63, 3.8) is 0 Å². The molecule has 6 nitrogen and oxygen atoms in total. The monoisotopic (exact) mass is 409 g/mol. The molecule has 1 fully saturated rings. The van der Waals surface area contributed by atoms with E-state index in [0.29, 0.717) is 36.1 Å². The number of nitrogens with zero attached hydrogens (tertiary/aromatic N) is 1. The molecule has 2 aliphatic heterocycles. The van der Waals surface area contributed by atoms with E-state index in [2.05, 4.69) is 6.07 Å². The van der Waals surface area contributed by atoms with E-state index in [1.165, 1.54) is 5.56 Å². The minimum atomic E-state index is -0.116. The van der Waals surface area contributed by atoms with Gasteiger partial charge in [-0.2, -0.15) is 0 Å². The van der Waals surface area contributed by atoms with E-state index < -0.39 is 0 Å². The van der Waals surface area contributed by atoms with E-state index in [9.17, 15) is 5.21 Å². The highest BCUT2D eigenvalue weighted by molar-refractivity contribution is 6.15. The molecular formula is C24H27NO5. The highest BCUT2D eigenvalue weighted by Gasteiger charge is 2.41. The smallest absolute Gasteiger partial charge is 0.169 e. The van der Waals surface area contributed by atoms with Crippen LogP contribution in [-0.4, -0.2) is 45.7 Å². The molecule has 0 saturated carbocycles. The van der Waals surface area contributed by atoms with Crippen molar-refractivity contribution in [1.82, 2.24) is 0 Å². The lowest BCUT2D eigenvalue weighted by molar-refractivity contribution is -0.907. The van der Waals surface area contributed by atoms with Crippen molar-refractivity contribution >= 4 is 21.5 Å². The first-order valence-corrected chi connectivity index (χ1v) is 10.4. The van der Waals surface area contributed by atoms with Crippen molar-refractivity contribution in [1.29, 1.82) is 0 Å². The van der Waals surface area contributed by atoms with E-state index in [0.717, 1.165) is 46.4 Å². The summed E-state index contributed by atoms with van der Waals surface area (Å²) in [6.45, 7) is 1.19. The number of rotatable bonds is 4. The summed E-state index contributed by atoms with van der Waals surface area (Å²) in [5.74, 6) is 2.70. The SMILES string of the molecule is COc1cc2c3c(c4ccc(OC)c(OC)c4c2cc1OC)C[C@H]1CCC[N@@+]1([O-])C3. The van der Waals surface area contributed by atoms with Crippen LogP contribution in [0.5, 0.6) is 23.0 Å². The molecule has 0 aromatic heterocycles. The second-order valence-electron chi connectivity index (χ2n) is 8.27. The predicted molar refractivity (Wildman–Crippen MR) is 117 cm³/mol. The Kier molecular flexibility index (Phi) is 4.45. The summed E-state index contributed by atoms with van der Waals surface area (Å²) >= 11 is 0. The topological polar surface area (TPSA) is 60.0 Å². The number of hydrogen-bond acceptors (Lipinski definition) is 5. The summed E-state index contributed by atoms with van der Waals surface area (Å²) in [4.78, 5) is 0. The van der Waals surface area contributed by atoms with Gasteiger partial charge in [-0.05, 0) is 39.9 Å². The van der Waals surface area contributed by atoms with E-state index >= 15 is 0 Å². The first-order chi connectivity index (χ1) is 14.5. The summed E-state index contributed by atoms with van der Waals surface area (Å²) in [5, 5.41) is 17.7. The van der Waals surface area contributed by atoms with Crippen molar-refractivity contribution in [3.05, 3.63) is 40.6 Å². The van der Waals surface area contributed by atoms with E-state index in [-0.39, 0.29) is 10.7 Å². The van der Waals surface area contributed by atoms with Gasteiger partial charge in [0.15, 0.2) is 23.0 Å². The molecule has 3 aromatic rings. The summed E-state index contributed by atoms with van der Waals surface area (Å²) < 4.78 is 22.5. The van der Waals surface area contributed by atoms with Crippen LogP contribution in [0.15, 0.2) is 24.3 Å². The summed E-state index contributed by atoms with van der Waals surface area (Å²) in [6.07, 6.45) is 2.77. The molecule has 0 unspecified atom stereocenters. The van der Waals surface area contributed by atoms with Crippen LogP contribution in [0.25, 0.3) is 21.5 Å². The molecule has 0 spiro atoms. The molecule has 6 heteroatoms. The average Bonchev–Trinajstić information content (AvgIpc) is 3.16. The fourth-order valence-electron chi connectivity index (χ4n) is 5.51. The maximum absolute atomic E-state index is 13.6. The Morgan fingerprint density at radius 1 is 0.833 bits per heavy atom. The van der Waals surface area contributed by atoms with Crippen LogP contribution in [-0.2, 0) is 13.0 Å². The number of fused-ring (bicyclic) bond motifs is 7. The number of hydrogen-bond donors (Lipinski definition) is 0. The summed E-state index contributed by atoms with van der Waals surface area (Å²) in [7, 11) is 6.59. The second kappa shape index (κ2) is 6.93. The van der Waals surface area contributed by atoms with Crippen LogP contribution in [0.1, 0.15) is 24.0 Å². The van der Waals surface area contributed by atoms with Crippen molar-refractivity contribution in [2.45, 2.75) is 31.8 Å². The molecule has 0 N–H and O–H groups in total. The predicted octanol–water partition coefficient (Wildman–Crippen LogP) is 4.56. The van der Waals surface area contributed by atoms with Gasteiger partial charge in [-0.3, -0.25) is 0 Å². The van der Waals surface area contributed by atoms with Gasteiger partial charge in [0.25, 0.3) is 0 Å². The normalized spacial score (nSPS) is 22.6. The third-order valence-corrected chi connectivity index (χ3v) is 6.96. The number of methoxy groups -OCH3 is 4. The van der Waals surface area contributed by atoms with Gasteiger partial charge in [0.05, 0.1) is 41.0 Å². The Morgan fingerprint density at radius 2 is 1.53 bits per heavy atom. The van der Waals surface area contributed by atoms with Crippen LogP contribution in [0, 0.1) is 5.21 Å². The zero-order valence-electron chi connectivity index (χ0n) is 17.9. The first-order valence-electron chi connectivity index (χ1n) is 10.4. The van der Waals surface area contributed by atoms with Crippen molar-refractivity contribution in [2.75, 3.05) is 35.0 Å². The molecule has 1 saturated heterocycles. The Hall–Kier alpha value is -2.70. The fraction of sp³-hybridized carbons (Fsp3) is 0.417. The van der Waals surface area contributed by atoms with Crippen LogP contribution < -0.4 is 18.9 Å². The molecular weight excluding hydrogens is 382 g/mol. The standard InChI is InChI=1S/C24H27NO5/c1-27-20-8-7-15-16-10-14-6-5-9-25(14,26)13-19(16)17-11-21(28-2)22(29-3)12-18(17)23(15)24(20)30-4/h7-8,11-12,14H,5-6,9-10,13H2,1-4H3/t14-,25-/m1/s1. The lowest BCUT2D eigenvalue weighted by atomic mass is 9.84. The van der Waals surface area contributed by atoms with Crippen molar-refractivity contribution in [2.24, 2.45) is 0 Å². The average molecular weight is 409 g/mol. The third-order valence-electron chi connectivity index (χ3n) is 6.96. The van der Waals surface area contributed by atoms with Crippen LogP contribution in [0.3, 0.4) is 0 Å². The highest BCUT2D eigenvalue weighted by atomic mass is 16.5. The molecule has 0 aliphatic carbocycles. The minimum absolute atomic E-state index is 0.116. The van der Waals surface area contributed by atoms with Gasteiger partial charge >= 0.3 is 0 Å². The molecule has 2 heterocycles. The fourth-order valence-corrected chi connectivity index (χ4v) is 5.51. The van der Waals surface area contributed by atoms with E-state index in [1.807, 2.05) is 18.2 Å². The number of quaternary nitrogens is 1. The first kappa shape index (κ1) is 19.3. The Bertz CT molecular complexity index is 1160. The van der Waals surface area contributed by atoms with E-state index in [1.54, 1.807) is 28.4 Å². The van der Waals surface area contributed by atoms with Crippen LogP contribution in [0.4, 0.5) is 0 Å². The molecule has 2 atom stereocenters. The van der Waals surface area contributed by atoms with Crippen LogP contribution >= 0.6 is 0 Å². The van der Waals surface area contributed by atoms with Gasteiger partial charge in [0.1, 0.15) is 6.54 Å².